The van der Waals surface area contributed by atoms with E-state index in [1.807, 2.05) is 16.8 Å². The standard InChI is InChI=1S/C16H16ClNO4S/c1-21-14-4-3-12(17)8-13(14)18-15(19)9-22-16(20)5-2-11-6-7-23-10-11/h3-4,6-8,10H,2,5,9H2,1H3,(H,18,19). The molecule has 0 aliphatic rings. The van der Waals surface area contributed by atoms with E-state index in [1.165, 1.54) is 7.11 Å². The highest BCUT2D eigenvalue weighted by molar-refractivity contribution is 7.07. The van der Waals surface area contributed by atoms with Crippen molar-refractivity contribution >= 4 is 40.5 Å². The third-order valence-corrected chi connectivity index (χ3v) is 3.96. The van der Waals surface area contributed by atoms with Crippen LogP contribution in [0.4, 0.5) is 5.69 Å². The second-order valence-corrected chi connectivity index (χ2v) is 5.90. The van der Waals surface area contributed by atoms with Crippen molar-refractivity contribution < 1.29 is 19.1 Å². The van der Waals surface area contributed by atoms with Crippen LogP contribution in [0.3, 0.4) is 0 Å². The molecule has 0 saturated carbocycles. The molecule has 0 atom stereocenters. The van der Waals surface area contributed by atoms with Gasteiger partial charge in [-0.3, -0.25) is 9.59 Å². The van der Waals surface area contributed by atoms with E-state index in [0.29, 0.717) is 22.9 Å². The van der Waals surface area contributed by atoms with Crippen molar-refractivity contribution in [2.75, 3.05) is 19.0 Å². The Labute approximate surface area is 143 Å². The first-order chi connectivity index (χ1) is 11.1. The summed E-state index contributed by atoms with van der Waals surface area (Å²) < 4.78 is 10.1. The van der Waals surface area contributed by atoms with Crippen LogP contribution in [-0.2, 0) is 20.7 Å². The highest BCUT2D eigenvalue weighted by atomic mass is 35.5. The van der Waals surface area contributed by atoms with Crippen molar-refractivity contribution in [2.45, 2.75) is 12.8 Å². The van der Waals surface area contributed by atoms with Crippen LogP contribution in [-0.4, -0.2) is 25.6 Å². The lowest BCUT2D eigenvalue weighted by Gasteiger charge is -2.10. The number of amides is 1. The lowest BCUT2D eigenvalue weighted by molar-refractivity contribution is -0.147. The van der Waals surface area contributed by atoms with Gasteiger partial charge >= 0.3 is 5.97 Å². The fourth-order valence-electron chi connectivity index (χ4n) is 1.86. The molecule has 0 saturated heterocycles. The molecule has 2 aromatic rings. The Morgan fingerprint density at radius 2 is 2.13 bits per heavy atom. The van der Waals surface area contributed by atoms with E-state index in [9.17, 15) is 9.59 Å². The SMILES string of the molecule is COc1ccc(Cl)cc1NC(=O)COC(=O)CCc1ccsc1. The Morgan fingerprint density at radius 3 is 2.83 bits per heavy atom. The van der Waals surface area contributed by atoms with Gasteiger partial charge in [0.15, 0.2) is 6.61 Å². The van der Waals surface area contributed by atoms with Crippen LogP contribution < -0.4 is 10.1 Å². The van der Waals surface area contributed by atoms with Crippen molar-refractivity contribution in [1.29, 1.82) is 0 Å². The summed E-state index contributed by atoms with van der Waals surface area (Å²) in [6.07, 6.45) is 0.844. The number of halogens is 1. The zero-order valence-corrected chi connectivity index (χ0v) is 14.1. The number of ether oxygens (including phenoxy) is 2. The number of thiophene rings is 1. The number of hydrogen-bond donors (Lipinski definition) is 1. The molecule has 0 aliphatic heterocycles. The normalized spacial score (nSPS) is 10.2. The Balaban J connectivity index is 1.78. The van der Waals surface area contributed by atoms with Gasteiger partial charge in [-0.2, -0.15) is 11.3 Å². The van der Waals surface area contributed by atoms with E-state index >= 15 is 0 Å². The molecule has 0 unspecified atom stereocenters. The predicted octanol–water partition coefficient (Wildman–Crippen LogP) is 3.52. The maximum Gasteiger partial charge on any atom is 0.306 e. The summed E-state index contributed by atoms with van der Waals surface area (Å²) in [6, 6.07) is 6.82. The van der Waals surface area contributed by atoms with Crippen LogP contribution in [0.25, 0.3) is 0 Å². The maximum absolute atomic E-state index is 11.8. The zero-order chi connectivity index (χ0) is 16.7. The lowest BCUT2D eigenvalue weighted by atomic mass is 10.2. The van der Waals surface area contributed by atoms with E-state index in [-0.39, 0.29) is 13.0 Å². The summed E-state index contributed by atoms with van der Waals surface area (Å²) in [5.41, 5.74) is 1.51. The number of hydrogen-bond acceptors (Lipinski definition) is 5. The summed E-state index contributed by atoms with van der Waals surface area (Å²) in [6.45, 7) is -0.349. The Hall–Kier alpha value is -2.05. The van der Waals surface area contributed by atoms with Crippen LogP contribution in [0.1, 0.15) is 12.0 Å². The zero-order valence-electron chi connectivity index (χ0n) is 12.5. The molecule has 7 heteroatoms. The van der Waals surface area contributed by atoms with Crippen LogP contribution in [0.15, 0.2) is 35.0 Å². The topological polar surface area (TPSA) is 64.6 Å². The van der Waals surface area contributed by atoms with Crippen LogP contribution in [0, 0.1) is 0 Å². The molecular formula is C16H16ClNO4S. The first-order valence-corrected chi connectivity index (χ1v) is 8.20. The Bertz CT molecular complexity index is 673. The number of esters is 1. The Morgan fingerprint density at radius 1 is 1.30 bits per heavy atom. The molecule has 122 valence electrons. The van der Waals surface area contributed by atoms with Crippen molar-refractivity contribution in [3.05, 3.63) is 45.6 Å². The first-order valence-electron chi connectivity index (χ1n) is 6.88. The quantitative estimate of drug-likeness (QED) is 0.773. The molecule has 1 N–H and O–H groups in total. The molecular weight excluding hydrogens is 338 g/mol. The van der Waals surface area contributed by atoms with Gasteiger partial charge in [0.05, 0.1) is 12.8 Å². The fraction of sp³-hybridized carbons (Fsp3) is 0.250. The summed E-state index contributed by atoms with van der Waals surface area (Å²) in [4.78, 5) is 23.5. The van der Waals surface area contributed by atoms with Crippen molar-refractivity contribution in [3.8, 4) is 5.75 Å². The minimum atomic E-state index is -0.450. The molecule has 0 aliphatic carbocycles. The molecule has 1 heterocycles. The van der Waals surface area contributed by atoms with Gasteiger partial charge in [0.25, 0.3) is 5.91 Å². The van der Waals surface area contributed by atoms with E-state index < -0.39 is 11.9 Å². The highest BCUT2D eigenvalue weighted by Crippen LogP contribution is 2.27. The number of aryl methyl sites for hydroxylation is 1. The van der Waals surface area contributed by atoms with Gasteiger partial charge in [0.2, 0.25) is 0 Å². The maximum atomic E-state index is 11.8. The number of anilines is 1. The van der Waals surface area contributed by atoms with Crippen molar-refractivity contribution in [1.82, 2.24) is 0 Å². The van der Waals surface area contributed by atoms with Crippen molar-refractivity contribution in [3.63, 3.8) is 0 Å². The first kappa shape index (κ1) is 17.3. The van der Waals surface area contributed by atoms with Gasteiger partial charge < -0.3 is 14.8 Å². The van der Waals surface area contributed by atoms with E-state index in [0.717, 1.165) is 5.56 Å². The molecule has 0 fully saturated rings. The largest absolute Gasteiger partial charge is 0.495 e. The molecule has 0 spiro atoms. The number of carbonyl (C=O) groups excluding carboxylic acids is 2. The third kappa shape index (κ3) is 5.58. The van der Waals surface area contributed by atoms with Gasteiger partial charge in [-0.25, -0.2) is 0 Å². The molecule has 1 amide bonds. The lowest BCUT2D eigenvalue weighted by Crippen LogP contribution is -2.21. The van der Waals surface area contributed by atoms with Gasteiger partial charge in [0, 0.05) is 11.4 Å². The number of rotatable bonds is 7. The van der Waals surface area contributed by atoms with E-state index in [2.05, 4.69) is 5.32 Å². The summed E-state index contributed by atoms with van der Waals surface area (Å²) in [7, 11) is 1.49. The second kappa shape index (κ2) is 8.55. The average Bonchev–Trinajstić information content (AvgIpc) is 3.04. The van der Waals surface area contributed by atoms with Crippen LogP contribution in [0.2, 0.25) is 5.02 Å². The summed E-state index contributed by atoms with van der Waals surface area (Å²) in [5.74, 6) is -0.384. The number of nitrogens with one attached hydrogen (secondary N) is 1. The molecule has 5 nitrogen and oxygen atoms in total. The van der Waals surface area contributed by atoms with Gasteiger partial charge in [-0.15, -0.1) is 0 Å². The van der Waals surface area contributed by atoms with E-state index in [1.54, 1.807) is 29.5 Å². The smallest absolute Gasteiger partial charge is 0.306 e. The van der Waals surface area contributed by atoms with Crippen LogP contribution >= 0.6 is 22.9 Å². The second-order valence-electron chi connectivity index (χ2n) is 4.69. The highest BCUT2D eigenvalue weighted by Gasteiger charge is 2.11. The van der Waals surface area contributed by atoms with Crippen LogP contribution in [0.5, 0.6) is 5.75 Å². The van der Waals surface area contributed by atoms with Gasteiger partial charge in [-0.1, -0.05) is 11.6 Å². The number of methoxy groups -OCH3 is 1. The third-order valence-electron chi connectivity index (χ3n) is 3.00. The van der Waals surface area contributed by atoms with Crippen molar-refractivity contribution in [2.24, 2.45) is 0 Å². The molecule has 2 rings (SSSR count). The fourth-order valence-corrected chi connectivity index (χ4v) is 2.74. The summed E-state index contributed by atoms with van der Waals surface area (Å²) >= 11 is 7.46. The van der Waals surface area contributed by atoms with Gasteiger partial charge in [0.1, 0.15) is 5.75 Å². The van der Waals surface area contributed by atoms with Gasteiger partial charge in [-0.05, 0) is 47.0 Å². The Kier molecular flexibility index (Phi) is 6.43. The monoisotopic (exact) mass is 353 g/mol. The minimum absolute atomic E-state index is 0.241. The molecule has 23 heavy (non-hydrogen) atoms. The number of benzene rings is 1. The molecule has 1 aromatic heterocycles. The summed E-state index contributed by atoms with van der Waals surface area (Å²) in [5, 5.41) is 7.00. The molecule has 1 aromatic carbocycles. The predicted molar refractivity (Wildman–Crippen MR) is 90.2 cm³/mol. The molecule has 0 radical (unpaired) electrons. The average molecular weight is 354 g/mol. The molecule has 0 bridgehead atoms. The minimum Gasteiger partial charge on any atom is -0.495 e. The van der Waals surface area contributed by atoms with E-state index in [4.69, 9.17) is 21.1 Å². The number of carbonyl (C=O) groups is 2.